The fraction of sp³-hybridized carbons (Fsp3) is 0.586. The topological polar surface area (TPSA) is 76.1 Å². The summed E-state index contributed by atoms with van der Waals surface area (Å²) in [6, 6.07) is 7.10. The molecule has 5 aliphatic rings. The molecule has 1 N–H and O–H groups in total. The molecule has 0 aromatic heterocycles. The molecular formula is C29H32ClF2NO5S. The van der Waals surface area contributed by atoms with E-state index >= 15 is 8.78 Å². The molecule has 0 spiro atoms. The van der Waals surface area contributed by atoms with Crippen LogP contribution in [0.4, 0.5) is 14.5 Å². The van der Waals surface area contributed by atoms with Gasteiger partial charge in [0.1, 0.15) is 12.8 Å². The quantitative estimate of drug-likeness (QED) is 0.478. The predicted octanol–water partition coefficient (Wildman–Crippen LogP) is 5.24. The second kappa shape index (κ2) is 9.11. The number of nitrogens with zero attached hydrogens (tertiary/aromatic N) is 1. The lowest BCUT2D eigenvalue weighted by Crippen LogP contribution is -2.70. The van der Waals surface area contributed by atoms with Crippen LogP contribution in [0, 0.1) is 28.6 Å². The van der Waals surface area contributed by atoms with Gasteiger partial charge < -0.3 is 9.29 Å². The van der Waals surface area contributed by atoms with Crippen molar-refractivity contribution in [3.63, 3.8) is 0 Å². The molecule has 1 aromatic rings. The number of benzene rings is 1. The number of carbonyl (C=O) groups is 2. The number of anilines is 1. The molecule has 9 atom stereocenters. The fourth-order valence-electron chi connectivity index (χ4n) is 8.73. The number of hydroxylamine groups is 1. The monoisotopic (exact) mass is 579 g/mol. The van der Waals surface area contributed by atoms with Crippen molar-refractivity contribution >= 4 is 40.9 Å². The molecule has 1 saturated heterocycles. The number of ketones is 2. The summed E-state index contributed by atoms with van der Waals surface area (Å²) < 4.78 is 38.8. The molecule has 210 valence electrons. The largest absolute Gasteiger partial charge is 0.390 e. The minimum Gasteiger partial charge on any atom is -0.390 e. The van der Waals surface area contributed by atoms with Crippen molar-refractivity contribution in [2.45, 2.75) is 56.7 Å². The van der Waals surface area contributed by atoms with Gasteiger partial charge >= 0.3 is 0 Å². The highest BCUT2D eigenvalue weighted by atomic mass is 35.5. The van der Waals surface area contributed by atoms with Crippen LogP contribution in [0.5, 0.6) is 0 Å². The van der Waals surface area contributed by atoms with E-state index in [9.17, 15) is 14.7 Å². The molecule has 6 rings (SSSR count). The normalized spacial score (nSPS) is 44.4. The third kappa shape index (κ3) is 3.49. The fourth-order valence-corrected chi connectivity index (χ4v) is 9.08. The van der Waals surface area contributed by atoms with Gasteiger partial charge in [-0.05, 0) is 86.1 Å². The summed E-state index contributed by atoms with van der Waals surface area (Å²) in [4.78, 5) is 32.7. The molecule has 0 radical (unpaired) electrons. The van der Waals surface area contributed by atoms with Crippen LogP contribution in [0.25, 0.3) is 0 Å². The number of aliphatic hydroxyl groups is 1. The number of alkyl halides is 2. The zero-order valence-electron chi connectivity index (χ0n) is 22.0. The molecule has 1 aliphatic heterocycles. The van der Waals surface area contributed by atoms with Gasteiger partial charge in [-0.25, -0.2) is 8.78 Å². The SMILES string of the molecule is CSOCC(=O)[C@@]12ON(c3ccc(Cl)cc3)C[C@@H]1CC1[C@@H]3C[C@H](F)C4=CC(=O)C=C[C@]4(C)[C@@]3(F)[C@@H](O)C[C@@]12C. The van der Waals surface area contributed by atoms with Gasteiger partial charge in [0.15, 0.2) is 22.8 Å². The van der Waals surface area contributed by atoms with E-state index < -0.39 is 46.2 Å². The molecule has 0 amide bonds. The Morgan fingerprint density at radius 3 is 2.67 bits per heavy atom. The maximum absolute atomic E-state index is 17.5. The third-order valence-corrected chi connectivity index (χ3v) is 11.1. The maximum atomic E-state index is 17.5. The van der Waals surface area contributed by atoms with Crippen molar-refractivity contribution in [3.05, 3.63) is 53.1 Å². The molecule has 4 aliphatic carbocycles. The lowest BCUT2D eigenvalue weighted by molar-refractivity contribution is -0.227. The molecule has 10 heteroatoms. The van der Waals surface area contributed by atoms with Gasteiger partial charge in [-0.3, -0.25) is 19.5 Å². The standard InChI is InChI=1S/C29H32ClF2NO5S/c1-26-9-8-19(34)11-22(26)23(31)12-21-20-10-16-14-33(18-6-4-17(30)5-7-18)38-29(16,25(36)15-37-39-3)27(20,2)13-24(35)28(21,26)32/h4-9,11,16,20-21,23-24,35H,10,12-15H2,1-3H3/t16-,20?,21-,23-,24-,26-,27-,28-,29-/m0/s1. The van der Waals surface area contributed by atoms with Crippen molar-refractivity contribution in [2.24, 2.45) is 28.6 Å². The highest BCUT2D eigenvalue weighted by Gasteiger charge is 2.79. The molecule has 0 bridgehead atoms. The van der Waals surface area contributed by atoms with Crippen LogP contribution in [-0.2, 0) is 18.6 Å². The van der Waals surface area contributed by atoms with Crippen LogP contribution in [0.2, 0.25) is 5.02 Å². The molecule has 6 nitrogen and oxygen atoms in total. The van der Waals surface area contributed by atoms with Gasteiger partial charge in [-0.1, -0.05) is 24.6 Å². The van der Waals surface area contributed by atoms with Gasteiger partial charge in [-0.2, -0.15) is 0 Å². The first kappa shape index (κ1) is 27.4. The first-order chi connectivity index (χ1) is 18.4. The van der Waals surface area contributed by atoms with Crippen LogP contribution in [0.3, 0.4) is 0 Å². The minimum absolute atomic E-state index is 0.0533. The molecule has 1 aromatic carbocycles. The van der Waals surface area contributed by atoms with E-state index in [0.717, 1.165) is 17.7 Å². The summed E-state index contributed by atoms with van der Waals surface area (Å²) in [5, 5.41) is 13.9. The smallest absolute Gasteiger partial charge is 0.195 e. The average Bonchev–Trinajstić information content (AvgIpc) is 3.39. The van der Waals surface area contributed by atoms with E-state index in [4.69, 9.17) is 20.6 Å². The van der Waals surface area contributed by atoms with Crippen molar-refractivity contribution in [3.8, 4) is 0 Å². The van der Waals surface area contributed by atoms with E-state index in [1.54, 1.807) is 30.4 Å². The Bertz CT molecular complexity index is 1280. The van der Waals surface area contributed by atoms with Gasteiger partial charge in [0.2, 0.25) is 0 Å². The number of hydrogen-bond acceptors (Lipinski definition) is 7. The highest BCUT2D eigenvalue weighted by molar-refractivity contribution is 7.93. The number of allylic oxidation sites excluding steroid dienone is 4. The summed E-state index contributed by atoms with van der Waals surface area (Å²) in [5.41, 5.74) is -5.27. The van der Waals surface area contributed by atoms with E-state index in [0.29, 0.717) is 18.0 Å². The number of halogens is 3. The maximum Gasteiger partial charge on any atom is 0.195 e. The zero-order chi connectivity index (χ0) is 28.0. The van der Waals surface area contributed by atoms with E-state index in [-0.39, 0.29) is 42.5 Å². The Kier molecular flexibility index (Phi) is 6.40. The average molecular weight is 580 g/mol. The Hall–Kier alpha value is -1.78. The van der Waals surface area contributed by atoms with Crippen LogP contribution >= 0.6 is 23.6 Å². The lowest BCUT2D eigenvalue weighted by Gasteiger charge is -2.63. The number of rotatable bonds is 5. The second-order valence-corrected chi connectivity index (χ2v) is 13.0. The van der Waals surface area contributed by atoms with Gasteiger partial charge in [0.25, 0.3) is 0 Å². The van der Waals surface area contributed by atoms with Crippen molar-refractivity contribution < 1.29 is 32.5 Å². The number of Topliss-reactive ketones (excluding diaryl/α,β-unsaturated/α-hetero) is 1. The molecule has 39 heavy (non-hydrogen) atoms. The van der Waals surface area contributed by atoms with Crippen molar-refractivity contribution in [2.75, 3.05) is 24.5 Å². The molecule has 1 heterocycles. The zero-order valence-corrected chi connectivity index (χ0v) is 23.6. The van der Waals surface area contributed by atoms with Crippen molar-refractivity contribution in [1.82, 2.24) is 0 Å². The highest BCUT2D eigenvalue weighted by Crippen LogP contribution is 2.72. The van der Waals surface area contributed by atoms with Gasteiger partial charge in [0, 0.05) is 33.9 Å². The van der Waals surface area contributed by atoms with Crippen LogP contribution in [0.15, 0.2) is 48.1 Å². The molecule has 1 unspecified atom stereocenters. The third-order valence-electron chi connectivity index (χ3n) is 10.5. The summed E-state index contributed by atoms with van der Waals surface area (Å²) in [7, 11) is 0. The Labute approximate surface area is 235 Å². The number of hydrogen-bond donors (Lipinski definition) is 1. The molecular weight excluding hydrogens is 548 g/mol. The summed E-state index contributed by atoms with van der Waals surface area (Å²) in [6.07, 6.45) is 2.75. The number of aliphatic hydroxyl groups excluding tert-OH is 1. The van der Waals surface area contributed by atoms with E-state index in [2.05, 4.69) is 0 Å². The van der Waals surface area contributed by atoms with Crippen LogP contribution in [-0.4, -0.2) is 59.6 Å². The van der Waals surface area contributed by atoms with Gasteiger partial charge in [-0.15, -0.1) is 0 Å². The van der Waals surface area contributed by atoms with Crippen LogP contribution in [0.1, 0.15) is 33.1 Å². The summed E-state index contributed by atoms with van der Waals surface area (Å²) >= 11 is 7.15. The van der Waals surface area contributed by atoms with Gasteiger partial charge in [0.05, 0.1) is 18.3 Å². The molecule has 3 saturated carbocycles. The van der Waals surface area contributed by atoms with Crippen molar-refractivity contribution in [1.29, 1.82) is 0 Å². The Balaban J connectivity index is 1.44. The lowest BCUT2D eigenvalue weighted by atomic mass is 9.44. The second-order valence-electron chi connectivity index (χ2n) is 12.0. The summed E-state index contributed by atoms with van der Waals surface area (Å²) in [5.74, 6) is -2.31. The van der Waals surface area contributed by atoms with E-state index in [1.165, 1.54) is 18.2 Å². The first-order valence-corrected chi connectivity index (χ1v) is 14.8. The Morgan fingerprint density at radius 1 is 1.26 bits per heavy atom. The van der Waals surface area contributed by atoms with Crippen LogP contribution < -0.4 is 5.06 Å². The number of fused-ring (bicyclic) bond motifs is 7. The molecule has 4 fully saturated rings. The number of carbonyl (C=O) groups excluding carboxylic acids is 2. The minimum atomic E-state index is -2.21. The first-order valence-electron chi connectivity index (χ1n) is 13.3. The Morgan fingerprint density at radius 2 is 1.97 bits per heavy atom. The van der Waals surface area contributed by atoms with E-state index in [1.807, 2.05) is 19.1 Å². The summed E-state index contributed by atoms with van der Waals surface area (Å²) in [6.45, 7) is 3.62. The predicted molar refractivity (Wildman–Crippen MR) is 145 cm³/mol.